The minimum absolute atomic E-state index is 0.157. The molecule has 106 valence electrons. The summed E-state index contributed by atoms with van der Waals surface area (Å²) in [6.07, 6.45) is 4.26. The van der Waals surface area contributed by atoms with E-state index in [2.05, 4.69) is 22.6 Å². The van der Waals surface area contributed by atoms with Gasteiger partial charge in [0.25, 0.3) is 11.8 Å². The predicted molar refractivity (Wildman–Crippen MR) is 82.7 cm³/mol. The predicted octanol–water partition coefficient (Wildman–Crippen LogP) is 2.85. The second kappa shape index (κ2) is 5.81. The summed E-state index contributed by atoms with van der Waals surface area (Å²) >= 11 is 2.15. The number of carbonyl (C=O) groups is 2. The van der Waals surface area contributed by atoms with Crippen molar-refractivity contribution in [3.05, 3.63) is 32.9 Å². The third-order valence-corrected chi connectivity index (χ3v) is 4.54. The van der Waals surface area contributed by atoms with Crippen LogP contribution in [-0.4, -0.2) is 36.0 Å². The fourth-order valence-electron chi connectivity index (χ4n) is 2.82. The van der Waals surface area contributed by atoms with E-state index in [1.807, 2.05) is 6.07 Å². The molecular formula is C15H16INO3. The van der Waals surface area contributed by atoms with E-state index in [9.17, 15) is 9.59 Å². The van der Waals surface area contributed by atoms with Crippen molar-refractivity contribution in [3.8, 4) is 0 Å². The van der Waals surface area contributed by atoms with Crippen LogP contribution in [0.4, 0.5) is 0 Å². The van der Waals surface area contributed by atoms with E-state index in [1.54, 1.807) is 12.1 Å². The van der Waals surface area contributed by atoms with Crippen molar-refractivity contribution in [3.63, 3.8) is 0 Å². The minimum atomic E-state index is -0.159. The highest BCUT2D eigenvalue weighted by Crippen LogP contribution is 2.25. The van der Waals surface area contributed by atoms with E-state index < -0.39 is 0 Å². The van der Waals surface area contributed by atoms with Crippen LogP contribution in [0.25, 0.3) is 0 Å². The van der Waals surface area contributed by atoms with Crippen molar-refractivity contribution >= 4 is 34.4 Å². The lowest BCUT2D eigenvalue weighted by atomic mass is 10.1. The normalized spacial score (nSPS) is 21.6. The molecule has 1 aromatic carbocycles. The number of hydrogen-bond acceptors (Lipinski definition) is 3. The van der Waals surface area contributed by atoms with Crippen molar-refractivity contribution < 1.29 is 14.3 Å². The molecule has 2 amide bonds. The third kappa shape index (κ3) is 2.61. The van der Waals surface area contributed by atoms with Crippen molar-refractivity contribution in [2.24, 2.45) is 0 Å². The number of fused-ring (bicyclic) bond motifs is 1. The van der Waals surface area contributed by atoms with Crippen LogP contribution in [0.15, 0.2) is 18.2 Å². The summed E-state index contributed by atoms with van der Waals surface area (Å²) in [6, 6.07) is 5.40. The van der Waals surface area contributed by atoms with E-state index in [-0.39, 0.29) is 11.8 Å². The SMILES string of the molecule is O=C1c2ccc(I)cc2C(=O)N1CCCC1CCCO1. The van der Waals surface area contributed by atoms with Gasteiger partial charge in [0.1, 0.15) is 0 Å². The highest BCUT2D eigenvalue weighted by atomic mass is 127. The number of halogens is 1. The first-order valence-corrected chi connectivity index (χ1v) is 8.02. The molecule has 0 bridgehead atoms. The molecule has 2 heterocycles. The Morgan fingerprint density at radius 1 is 1.25 bits per heavy atom. The van der Waals surface area contributed by atoms with Gasteiger partial charge in [0.2, 0.25) is 0 Å². The van der Waals surface area contributed by atoms with Crippen molar-refractivity contribution in [1.29, 1.82) is 0 Å². The van der Waals surface area contributed by atoms with Gasteiger partial charge in [-0.15, -0.1) is 0 Å². The smallest absolute Gasteiger partial charge is 0.261 e. The summed E-state index contributed by atoms with van der Waals surface area (Å²) in [4.78, 5) is 25.8. The Hall–Kier alpha value is -0.950. The molecule has 2 aliphatic heterocycles. The highest BCUT2D eigenvalue weighted by Gasteiger charge is 2.35. The maximum Gasteiger partial charge on any atom is 0.261 e. The Bertz CT molecular complexity index is 552. The molecule has 20 heavy (non-hydrogen) atoms. The Labute approximate surface area is 131 Å². The summed E-state index contributed by atoms with van der Waals surface area (Å²) < 4.78 is 6.54. The lowest BCUT2D eigenvalue weighted by Gasteiger charge is -2.15. The van der Waals surface area contributed by atoms with Gasteiger partial charge >= 0.3 is 0 Å². The number of ether oxygens (including phenoxy) is 1. The van der Waals surface area contributed by atoms with E-state index in [4.69, 9.17) is 4.74 Å². The van der Waals surface area contributed by atoms with Crippen LogP contribution in [0.5, 0.6) is 0 Å². The number of benzene rings is 1. The fraction of sp³-hybridized carbons (Fsp3) is 0.467. The Balaban J connectivity index is 1.64. The molecule has 0 radical (unpaired) electrons. The molecule has 0 saturated carbocycles. The number of hydrogen-bond donors (Lipinski definition) is 0. The molecule has 2 aliphatic rings. The quantitative estimate of drug-likeness (QED) is 0.592. The summed E-state index contributed by atoms with van der Waals surface area (Å²) in [6.45, 7) is 1.33. The van der Waals surface area contributed by atoms with Gasteiger partial charge in [-0.3, -0.25) is 14.5 Å². The Morgan fingerprint density at radius 3 is 2.80 bits per heavy atom. The van der Waals surface area contributed by atoms with Gasteiger partial charge in [-0.25, -0.2) is 0 Å². The van der Waals surface area contributed by atoms with Gasteiger partial charge < -0.3 is 4.74 Å². The van der Waals surface area contributed by atoms with Crippen LogP contribution in [0, 0.1) is 3.57 Å². The van der Waals surface area contributed by atoms with Gasteiger partial charge in [-0.1, -0.05) is 0 Å². The summed E-state index contributed by atoms with van der Waals surface area (Å²) in [5.74, 6) is -0.315. The molecule has 1 aromatic rings. The lowest BCUT2D eigenvalue weighted by Crippen LogP contribution is -2.31. The summed E-state index contributed by atoms with van der Waals surface area (Å²) in [7, 11) is 0. The van der Waals surface area contributed by atoms with E-state index in [1.165, 1.54) is 4.90 Å². The molecule has 3 rings (SSSR count). The minimum Gasteiger partial charge on any atom is -0.378 e. The lowest BCUT2D eigenvalue weighted by molar-refractivity contribution is 0.0629. The number of rotatable bonds is 4. The van der Waals surface area contributed by atoms with Gasteiger partial charge in [-0.05, 0) is 66.5 Å². The van der Waals surface area contributed by atoms with Gasteiger partial charge in [0.15, 0.2) is 0 Å². The molecule has 5 heteroatoms. The Kier molecular flexibility index (Phi) is 4.07. The number of amides is 2. The van der Waals surface area contributed by atoms with Crippen LogP contribution < -0.4 is 0 Å². The third-order valence-electron chi connectivity index (χ3n) is 3.86. The molecule has 1 atom stereocenters. The molecule has 1 fully saturated rings. The molecule has 1 saturated heterocycles. The van der Waals surface area contributed by atoms with Gasteiger partial charge in [0, 0.05) is 16.7 Å². The largest absolute Gasteiger partial charge is 0.378 e. The van der Waals surface area contributed by atoms with E-state index in [0.717, 1.165) is 35.9 Å². The topological polar surface area (TPSA) is 46.6 Å². The van der Waals surface area contributed by atoms with E-state index in [0.29, 0.717) is 23.8 Å². The maximum absolute atomic E-state index is 12.3. The Morgan fingerprint density at radius 2 is 2.05 bits per heavy atom. The zero-order valence-corrected chi connectivity index (χ0v) is 13.3. The summed E-state index contributed by atoms with van der Waals surface area (Å²) in [5.41, 5.74) is 1.08. The monoisotopic (exact) mass is 385 g/mol. The molecular weight excluding hydrogens is 369 g/mol. The van der Waals surface area contributed by atoms with Crippen LogP contribution >= 0.6 is 22.6 Å². The molecule has 0 spiro atoms. The number of nitrogens with zero attached hydrogens (tertiary/aromatic N) is 1. The first-order chi connectivity index (χ1) is 9.66. The van der Waals surface area contributed by atoms with Crippen LogP contribution in [0.2, 0.25) is 0 Å². The summed E-state index contributed by atoms with van der Waals surface area (Å²) in [5, 5.41) is 0. The zero-order chi connectivity index (χ0) is 14.1. The van der Waals surface area contributed by atoms with Crippen LogP contribution in [0.1, 0.15) is 46.4 Å². The van der Waals surface area contributed by atoms with Crippen LogP contribution in [0.3, 0.4) is 0 Å². The van der Waals surface area contributed by atoms with Crippen molar-refractivity contribution in [2.45, 2.75) is 31.8 Å². The highest BCUT2D eigenvalue weighted by molar-refractivity contribution is 14.1. The second-order valence-electron chi connectivity index (χ2n) is 5.23. The van der Waals surface area contributed by atoms with E-state index >= 15 is 0 Å². The molecule has 1 unspecified atom stereocenters. The number of carbonyl (C=O) groups excluding carboxylic acids is 2. The maximum atomic E-state index is 12.3. The van der Waals surface area contributed by atoms with Gasteiger partial charge in [-0.2, -0.15) is 0 Å². The van der Waals surface area contributed by atoms with Crippen molar-refractivity contribution in [1.82, 2.24) is 4.90 Å². The van der Waals surface area contributed by atoms with Gasteiger partial charge in [0.05, 0.1) is 17.2 Å². The average molecular weight is 385 g/mol. The second-order valence-corrected chi connectivity index (χ2v) is 6.47. The average Bonchev–Trinajstić information content (AvgIpc) is 3.02. The van der Waals surface area contributed by atoms with Crippen molar-refractivity contribution in [2.75, 3.05) is 13.2 Å². The molecule has 0 N–H and O–H groups in total. The molecule has 0 aliphatic carbocycles. The first-order valence-electron chi connectivity index (χ1n) is 6.94. The number of imide groups is 1. The standard InChI is InChI=1S/C15H16INO3/c16-10-5-6-12-13(9-10)15(19)17(14(12)18)7-1-3-11-4-2-8-20-11/h5-6,9,11H,1-4,7-8H2. The molecule has 0 aromatic heterocycles. The first kappa shape index (κ1) is 14.0. The zero-order valence-electron chi connectivity index (χ0n) is 11.1. The molecule has 4 nitrogen and oxygen atoms in total. The fourth-order valence-corrected chi connectivity index (χ4v) is 3.31. The van der Waals surface area contributed by atoms with Crippen LogP contribution in [-0.2, 0) is 4.74 Å².